The zero-order chi connectivity index (χ0) is 46.5. The largest absolute Gasteiger partial charge is 0.488 e. The first-order valence-electron chi connectivity index (χ1n) is 22.7. The van der Waals surface area contributed by atoms with Crippen LogP contribution in [0.25, 0.3) is 33.7 Å². The lowest BCUT2D eigenvalue weighted by Gasteiger charge is -2.35. The topological polar surface area (TPSA) is 185 Å². The molecule has 0 radical (unpaired) electrons. The molecule has 1 unspecified atom stereocenters. The average molecular weight is 901 g/mol. The molecule has 0 saturated carbocycles. The van der Waals surface area contributed by atoms with Gasteiger partial charge in [0, 0.05) is 53.6 Å². The monoisotopic (exact) mass is 900 g/mol. The molecule has 3 amide bonds. The van der Waals surface area contributed by atoms with E-state index in [9.17, 15) is 14.4 Å². The van der Waals surface area contributed by atoms with Gasteiger partial charge < -0.3 is 44.0 Å². The Morgan fingerprint density at radius 3 is 2.32 bits per heavy atom. The summed E-state index contributed by atoms with van der Waals surface area (Å²) in [5.41, 5.74) is 11.3. The zero-order valence-electron chi connectivity index (χ0n) is 38.7. The van der Waals surface area contributed by atoms with Gasteiger partial charge in [-0.3, -0.25) is 14.4 Å². The molecular weight excluding hydrogens is 841 g/mol. The molecule has 0 bridgehead atoms. The minimum atomic E-state index is -0.738. The van der Waals surface area contributed by atoms with Crippen LogP contribution in [0, 0.1) is 11.8 Å². The molecule has 16 nitrogen and oxygen atoms in total. The highest BCUT2D eigenvalue weighted by molar-refractivity contribution is 6.00. The van der Waals surface area contributed by atoms with Crippen LogP contribution in [0.5, 0.6) is 11.5 Å². The maximum Gasteiger partial charge on any atom is 0.407 e. The fraction of sp³-hybridized carbons (Fsp3) is 0.420. The number of aromatic nitrogens is 4. The number of benzene rings is 3. The summed E-state index contributed by atoms with van der Waals surface area (Å²) in [5, 5.41) is 2.69. The first-order chi connectivity index (χ1) is 32.0. The molecule has 2 aromatic heterocycles. The quantitative estimate of drug-likeness (QED) is 0.0405. The number of rotatable bonds is 17. The number of likely N-dealkylation sites (tertiary alicyclic amines) is 1. The first kappa shape index (κ1) is 46.1. The van der Waals surface area contributed by atoms with Crippen molar-refractivity contribution in [2.24, 2.45) is 11.8 Å². The minimum absolute atomic E-state index is 0.00361. The van der Waals surface area contributed by atoms with Crippen LogP contribution in [-0.2, 0) is 30.4 Å². The fourth-order valence-electron chi connectivity index (χ4n) is 9.03. The molecule has 5 heterocycles. The van der Waals surface area contributed by atoms with Crippen molar-refractivity contribution in [1.29, 1.82) is 0 Å². The van der Waals surface area contributed by atoms with E-state index in [1.807, 2.05) is 82.1 Å². The normalized spacial score (nSPS) is 17.4. The Kier molecular flexibility index (Phi) is 14.2. The third-order valence-electron chi connectivity index (χ3n) is 12.4. The van der Waals surface area contributed by atoms with Gasteiger partial charge in [-0.2, -0.15) is 5.48 Å². The standard InChI is InChI=1S/C50H60N8O8/c1-8-20-57(48(59)44(29(2)3)55-50(61)63-7)26-42-51-24-37(53-42)33-16-18-34-36-27-64-40-22-32(17-19-35(40)43(36)46(66-41(34)23-33)31-13-10-9-11-14-31)38-25-52-47(54-38)39-15-12-21-58(39)49(60)45(30(4)5)56-65-28-62-6/h9-11,13-14,16-19,22-25,29-30,39,44-46,56H,8,12,15,20-21,26-28H2,1-7H3,(H,51,53)(H,52,54)(H,55,61)/t39-,44-,45-,46?/m0/s1. The van der Waals surface area contributed by atoms with Crippen molar-refractivity contribution in [3.8, 4) is 34.0 Å². The Morgan fingerprint density at radius 1 is 0.894 bits per heavy atom. The van der Waals surface area contributed by atoms with Gasteiger partial charge >= 0.3 is 6.09 Å². The summed E-state index contributed by atoms with van der Waals surface area (Å²) in [7, 11) is 2.82. The Hall–Kier alpha value is -6.49. The molecule has 1 saturated heterocycles. The van der Waals surface area contributed by atoms with Gasteiger partial charge in [-0.15, -0.1) is 0 Å². The molecule has 348 valence electrons. The van der Waals surface area contributed by atoms with Crippen LogP contribution in [-0.4, -0.2) is 100 Å². The Balaban J connectivity index is 1.05. The van der Waals surface area contributed by atoms with Crippen LogP contribution in [0.15, 0.2) is 79.1 Å². The van der Waals surface area contributed by atoms with Crippen LogP contribution < -0.4 is 20.3 Å². The van der Waals surface area contributed by atoms with Crippen molar-refractivity contribution in [3.63, 3.8) is 0 Å². The van der Waals surface area contributed by atoms with Gasteiger partial charge in [-0.05, 0) is 48.8 Å². The number of methoxy groups -OCH3 is 2. The molecule has 66 heavy (non-hydrogen) atoms. The molecule has 5 aromatic rings. The highest BCUT2D eigenvalue weighted by Crippen LogP contribution is 2.52. The molecule has 16 heteroatoms. The number of hydrogen-bond acceptors (Lipinski definition) is 11. The van der Waals surface area contributed by atoms with Gasteiger partial charge in [0.05, 0.1) is 43.5 Å². The molecule has 4 N–H and O–H groups in total. The summed E-state index contributed by atoms with van der Waals surface area (Å²) in [6.45, 7) is 11.5. The van der Waals surface area contributed by atoms with Gasteiger partial charge in [0.1, 0.15) is 47.9 Å². The van der Waals surface area contributed by atoms with Crippen molar-refractivity contribution in [2.75, 3.05) is 40.7 Å². The molecule has 3 aromatic carbocycles. The highest BCUT2D eigenvalue weighted by Gasteiger charge is 2.38. The predicted molar refractivity (Wildman–Crippen MR) is 248 cm³/mol. The lowest BCUT2D eigenvalue weighted by Crippen LogP contribution is -2.51. The summed E-state index contributed by atoms with van der Waals surface area (Å²) in [5.74, 6) is 2.45. The van der Waals surface area contributed by atoms with Crippen LogP contribution in [0.4, 0.5) is 4.79 Å². The Labute approximate surface area is 385 Å². The summed E-state index contributed by atoms with van der Waals surface area (Å²) >= 11 is 0. The summed E-state index contributed by atoms with van der Waals surface area (Å²) in [4.78, 5) is 65.0. The number of carbonyl (C=O) groups excluding carboxylic acids is 3. The van der Waals surface area contributed by atoms with E-state index in [0.717, 1.165) is 86.9 Å². The van der Waals surface area contributed by atoms with Crippen molar-refractivity contribution in [2.45, 2.75) is 84.7 Å². The van der Waals surface area contributed by atoms with E-state index in [1.54, 1.807) is 11.1 Å². The van der Waals surface area contributed by atoms with Crippen LogP contribution in [0.2, 0.25) is 0 Å². The SMILES string of the molecule is CCCN(Cc1ncc(-c2ccc3c(c2)OC(c2ccccc2)C2=C3COc3cc(-c4cnc([C@@H]5CCCN5C(=O)[C@@H](NOCOC)C(C)C)[nH]4)ccc32)[nH]1)C(=O)[C@@H](NC(=O)OC)C(C)C. The number of imidazole rings is 2. The third-order valence-corrected chi connectivity index (χ3v) is 12.4. The number of alkyl carbamates (subject to hydrolysis) is 1. The van der Waals surface area contributed by atoms with Crippen LogP contribution in [0.1, 0.15) is 94.4 Å². The molecule has 0 spiro atoms. The van der Waals surface area contributed by atoms with Gasteiger partial charge in [-0.25, -0.2) is 14.8 Å². The highest BCUT2D eigenvalue weighted by atomic mass is 16.7. The number of fused-ring (bicyclic) bond motifs is 4. The van der Waals surface area contributed by atoms with Gasteiger partial charge in [0.2, 0.25) is 11.8 Å². The second-order valence-corrected chi connectivity index (χ2v) is 17.6. The van der Waals surface area contributed by atoms with E-state index < -0.39 is 24.3 Å². The fourth-order valence-corrected chi connectivity index (χ4v) is 9.03. The summed E-state index contributed by atoms with van der Waals surface area (Å²) in [6.07, 6.45) is 4.95. The second-order valence-electron chi connectivity index (χ2n) is 17.6. The third kappa shape index (κ3) is 9.57. The number of nitrogens with one attached hydrogen (secondary N) is 4. The van der Waals surface area contributed by atoms with Gasteiger partial charge in [0.25, 0.3) is 0 Å². The molecule has 3 aliphatic heterocycles. The first-order valence-corrected chi connectivity index (χ1v) is 22.7. The Bertz CT molecular complexity index is 2550. The number of hydroxylamine groups is 1. The molecule has 8 rings (SSSR count). The number of H-pyrrole nitrogens is 2. The molecule has 3 aliphatic rings. The van der Waals surface area contributed by atoms with Gasteiger partial charge in [-0.1, -0.05) is 89.2 Å². The number of aromatic amines is 2. The molecule has 4 atom stereocenters. The van der Waals surface area contributed by atoms with E-state index in [0.29, 0.717) is 25.5 Å². The average Bonchev–Trinajstić information content (AvgIpc) is 4.13. The molecule has 0 aliphatic carbocycles. The zero-order valence-corrected chi connectivity index (χ0v) is 38.7. The molecular formula is C50H60N8O8. The minimum Gasteiger partial charge on any atom is -0.488 e. The predicted octanol–water partition coefficient (Wildman–Crippen LogP) is 7.84. The number of carbonyl (C=O) groups is 3. The summed E-state index contributed by atoms with van der Waals surface area (Å²) in [6, 6.07) is 21.1. The van der Waals surface area contributed by atoms with Crippen molar-refractivity contribution in [3.05, 3.63) is 107 Å². The van der Waals surface area contributed by atoms with Crippen molar-refractivity contribution >= 4 is 29.1 Å². The lowest BCUT2D eigenvalue weighted by molar-refractivity contribution is -0.147. The number of amides is 3. The van der Waals surface area contributed by atoms with Crippen molar-refractivity contribution in [1.82, 2.24) is 40.5 Å². The maximum atomic E-state index is 13.8. The smallest absolute Gasteiger partial charge is 0.407 e. The maximum absolute atomic E-state index is 13.8. The van der Waals surface area contributed by atoms with E-state index >= 15 is 0 Å². The molecule has 1 fully saturated rings. The second kappa shape index (κ2) is 20.4. The Morgan fingerprint density at radius 2 is 1.61 bits per heavy atom. The number of nitrogens with zero attached hydrogens (tertiary/aromatic N) is 4. The van der Waals surface area contributed by atoms with E-state index in [-0.39, 0.29) is 43.0 Å². The number of hydrogen-bond donors (Lipinski definition) is 4. The summed E-state index contributed by atoms with van der Waals surface area (Å²) < 4.78 is 23.4. The van der Waals surface area contributed by atoms with Crippen molar-refractivity contribution < 1.29 is 38.2 Å². The van der Waals surface area contributed by atoms with E-state index in [4.69, 9.17) is 28.8 Å². The van der Waals surface area contributed by atoms with Crippen LogP contribution in [0.3, 0.4) is 0 Å². The number of ether oxygens (including phenoxy) is 4. The van der Waals surface area contributed by atoms with Gasteiger partial charge in [0.15, 0.2) is 6.79 Å². The lowest BCUT2D eigenvalue weighted by atomic mass is 9.83. The van der Waals surface area contributed by atoms with Crippen LogP contribution >= 0.6 is 0 Å². The van der Waals surface area contributed by atoms with E-state index in [1.165, 1.54) is 14.2 Å². The van der Waals surface area contributed by atoms with E-state index in [2.05, 4.69) is 56.1 Å².